The van der Waals surface area contributed by atoms with Gasteiger partial charge in [-0.25, -0.2) is 4.39 Å². The molecule has 0 N–H and O–H groups in total. The fourth-order valence-corrected chi connectivity index (χ4v) is 9.59. The Kier molecular flexibility index (Phi) is 16.4. The second kappa shape index (κ2) is 21.9. The third-order valence-corrected chi connectivity index (χ3v) is 14.0. The van der Waals surface area contributed by atoms with Gasteiger partial charge in [-0.05, 0) is 118 Å². The minimum absolute atomic E-state index is 0. The van der Waals surface area contributed by atoms with Crippen molar-refractivity contribution < 1.29 is 28.9 Å². The van der Waals surface area contributed by atoms with E-state index >= 15 is 0 Å². The van der Waals surface area contributed by atoms with E-state index in [1.54, 1.807) is 12.1 Å². The number of aryl methyl sites for hydroxylation is 1. The summed E-state index contributed by atoms with van der Waals surface area (Å²) in [6, 6.07) is 50.3. The number of benzene rings is 5. The van der Waals surface area contributed by atoms with Crippen LogP contribution in [-0.4, -0.2) is 23.0 Å². The standard InChI is InChI=1S/C28H24FNO.C17H23NSi.C13H13N.Ir/c1-17(2)18(3)19-12-13-30-26(15-19)25-9-5-8-24-23-11-10-21(16-27(23)31-28(24)25)20-6-4-7-22(29)14-20;1-13(2)15-11-16(14-9-7-6-8-10-14)18-12-17(15)19(3,4)5;1-2-11-8-9-14-13(10-11)12-6-4-3-5-7-12;/h4-18H,1-3H3;6-13H,1-5H3;3-10H,2H2,1H3;. The van der Waals surface area contributed by atoms with Gasteiger partial charge in [-0.3, -0.25) is 15.0 Å². The number of rotatable bonds is 9. The number of para-hydroxylation sites is 1. The van der Waals surface area contributed by atoms with Crippen LogP contribution in [0.3, 0.4) is 0 Å². The summed E-state index contributed by atoms with van der Waals surface area (Å²) in [5.41, 5.74) is 13.9. The van der Waals surface area contributed by atoms with Crippen LogP contribution in [0.25, 0.3) is 66.8 Å². The predicted molar refractivity (Wildman–Crippen MR) is 271 cm³/mol. The predicted octanol–water partition coefficient (Wildman–Crippen LogP) is 15.9. The smallest absolute Gasteiger partial charge is 0.144 e. The third kappa shape index (κ3) is 11.9. The minimum Gasteiger partial charge on any atom is -0.455 e. The first-order chi connectivity index (χ1) is 30.8. The van der Waals surface area contributed by atoms with Crippen molar-refractivity contribution in [3.63, 3.8) is 0 Å². The number of furan rings is 1. The molecule has 0 fully saturated rings. The molecule has 4 nitrogen and oxygen atoms in total. The minimum atomic E-state index is -1.33. The summed E-state index contributed by atoms with van der Waals surface area (Å²) in [6.07, 6.45) is 6.93. The van der Waals surface area contributed by atoms with Crippen molar-refractivity contribution in [2.24, 2.45) is 5.92 Å². The number of nitrogens with zero attached hydrogens (tertiary/aromatic N) is 3. The summed E-state index contributed by atoms with van der Waals surface area (Å²) in [4.78, 5) is 13.7. The molecular formula is C58H60FIrN3OSi. The molecule has 4 heterocycles. The van der Waals surface area contributed by atoms with Crippen molar-refractivity contribution in [2.75, 3.05) is 0 Å². The summed E-state index contributed by atoms with van der Waals surface area (Å²) in [6.45, 7) is 20.6. The molecule has 9 rings (SSSR count). The summed E-state index contributed by atoms with van der Waals surface area (Å²) < 4.78 is 20.0. The maximum atomic E-state index is 13.7. The van der Waals surface area contributed by atoms with Crippen LogP contribution in [0.2, 0.25) is 19.6 Å². The second-order valence-electron chi connectivity index (χ2n) is 18.2. The van der Waals surface area contributed by atoms with Gasteiger partial charge >= 0.3 is 0 Å². The Balaban J connectivity index is 0.000000176. The van der Waals surface area contributed by atoms with Crippen molar-refractivity contribution >= 4 is 35.2 Å². The Morgan fingerprint density at radius 2 is 1.18 bits per heavy atom. The molecule has 0 bridgehead atoms. The van der Waals surface area contributed by atoms with Crippen molar-refractivity contribution in [3.05, 3.63) is 193 Å². The van der Waals surface area contributed by atoms with E-state index in [0.717, 1.165) is 62.1 Å². The van der Waals surface area contributed by atoms with Gasteiger partial charge in [-0.2, -0.15) is 0 Å². The molecular weight excluding hydrogens is 994 g/mol. The molecule has 9 aromatic rings. The molecule has 1 unspecified atom stereocenters. The van der Waals surface area contributed by atoms with Gasteiger partial charge in [0.05, 0.1) is 25.2 Å². The van der Waals surface area contributed by atoms with Crippen LogP contribution in [0.15, 0.2) is 175 Å². The zero-order valence-corrected chi connectivity index (χ0v) is 42.5. The normalized spacial score (nSPS) is 11.7. The van der Waals surface area contributed by atoms with Crippen molar-refractivity contribution in [3.8, 4) is 44.9 Å². The summed E-state index contributed by atoms with van der Waals surface area (Å²) >= 11 is 0. The van der Waals surface area contributed by atoms with Crippen LogP contribution < -0.4 is 5.19 Å². The Hall–Kier alpha value is -5.85. The molecule has 0 saturated heterocycles. The number of pyridine rings is 3. The van der Waals surface area contributed by atoms with Gasteiger partial charge in [0.2, 0.25) is 0 Å². The second-order valence-corrected chi connectivity index (χ2v) is 23.2. The quantitative estimate of drug-likeness (QED) is 0.135. The van der Waals surface area contributed by atoms with Gasteiger partial charge in [0.1, 0.15) is 17.0 Å². The van der Waals surface area contributed by atoms with Gasteiger partial charge in [0.15, 0.2) is 0 Å². The average molecular weight is 1050 g/mol. The Labute approximate surface area is 399 Å². The third-order valence-electron chi connectivity index (χ3n) is 12.0. The number of halogens is 1. The van der Waals surface area contributed by atoms with Crippen LogP contribution >= 0.6 is 0 Å². The van der Waals surface area contributed by atoms with Crippen LogP contribution in [0.1, 0.15) is 70.1 Å². The fraction of sp³-hybridized carbons (Fsp3) is 0.224. The molecule has 0 saturated carbocycles. The first-order valence-corrected chi connectivity index (χ1v) is 26.0. The van der Waals surface area contributed by atoms with E-state index in [1.807, 2.05) is 60.9 Å². The summed E-state index contributed by atoms with van der Waals surface area (Å²) in [7, 11) is -1.33. The SMILES string of the molecule is CC(C)C(C)c1ccnc(-c2cccc3c2oc2cc(-c4cccc(F)c4)ccc23)c1.CC(C)c1cc(-c2ccccc2)ncc1[Si](C)(C)C.CCc1ccnc(-c2ccccc2)c1.[Ir]. The van der Waals surface area contributed by atoms with E-state index in [4.69, 9.17) is 9.40 Å². The number of hydrogen-bond donors (Lipinski definition) is 0. The average Bonchev–Trinajstić information content (AvgIpc) is 3.70. The molecule has 0 amide bonds. The molecule has 0 spiro atoms. The van der Waals surface area contributed by atoms with Gasteiger partial charge in [-0.15, -0.1) is 0 Å². The topological polar surface area (TPSA) is 51.8 Å². The van der Waals surface area contributed by atoms with Gasteiger partial charge in [-0.1, -0.05) is 152 Å². The molecule has 1 atom stereocenters. The summed E-state index contributed by atoms with van der Waals surface area (Å²) in [5, 5.41) is 3.59. The molecule has 1 radical (unpaired) electrons. The Morgan fingerprint density at radius 3 is 1.82 bits per heavy atom. The number of aromatic nitrogens is 3. The van der Waals surface area contributed by atoms with Crippen molar-refractivity contribution in [1.29, 1.82) is 0 Å². The number of fused-ring (bicyclic) bond motifs is 3. The zero-order chi connectivity index (χ0) is 45.4. The molecule has 5 aromatic carbocycles. The number of hydrogen-bond acceptors (Lipinski definition) is 4. The van der Waals surface area contributed by atoms with E-state index in [2.05, 4.69) is 162 Å². The largest absolute Gasteiger partial charge is 0.455 e. The van der Waals surface area contributed by atoms with Crippen LogP contribution in [0, 0.1) is 11.7 Å². The van der Waals surface area contributed by atoms with E-state index in [1.165, 1.54) is 39.1 Å². The van der Waals surface area contributed by atoms with Crippen molar-refractivity contribution in [2.45, 2.75) is 79.4 Å². The Bertz CT molecular complexity index is 2960. The maximum Gasteiger partial charge on any atom is 0.144 e. The van der Waals surface area contributed by atoms with E-state index in [0.29, 0.717) is 17.8 Å². The summed E-state index contributed by atoms with van der Waals surface area (Å²) in [5.74, 6) is 1.31. The van der Waals surface area contributed by atoms with E-state index in [9.17, 15) is 4.39 Å². The molecule has 0 aliphatic heterocycles. The molecule has 0 aliphatic carbocycles. The molecule has 65 heavy (non-hydrogen) atoms. The first-order valence-electron chi connectivity index (χ1n) is 22.5. The fourth-order valence-electron chi connectivity index (χ4n) is 7.91. The van der Waals surface area contributed by atoms with Gasteiger partial charge in [0, 0.05) is 66.2 Å². The molecule has 4 aromatic heterocycles. The monoisotopic (exact) mass is 1050 g/mol. The van der Waals surface area contributed by atoms with Crippen LogP contribution in [0.5, 0.6) is 0 Å². The van der Waals surface area contributed by atoms with Crippen LogP contribution in [-0.2, 0) is 26.5 Å². The van der Waals surface area contributed by atoms with Crippen LogP contribution in [0.4, 0.5) is 4.39 Å². The van der Waals surface area contributed by atoms with E-state index < -0.39 is 8.07 Å². The Morgan fingerprint density at radius 1 is 0.569 bits per heavy atom. The maximum absolute atomic E-state index is 13.7. The van der Waals surface area contributed by atoms with Crippen molar-refractivity contribution in [1.82, 2.24) is 15.0 Å². The molecule has 0 aliphatic rings. The zero-order valence-electron chi connectivity index (χ0n) is 39.1. The molecule has 333 valence electrons. The van der Waals surface area contributed by atoms with Gasteiger partial charge < -0.3 is 4.42 Å². The van der Waals surface area contributed by atoms with Gasteiger partial charge in [0.25, 0.3) is 0 Å². The first kappa shape index (κ1) is 48.6. The van der Waals surface area contributed by atoms with E-state index in [-0.39, 0.29) is 25.9 Å². The molecule has 7 heteroatoms.